The molecule has 1 saturated heterocycles. The molecule has 1 fully saturated rings. The smallest absolute Gasteiger partial charge is 0.243 e. The van der Waals surface area contributed by atoms with Crippen LogP contribution in [0, 0.1) is 0 Å². The van der Waals surface area contributed by atoms with Crippen LogP contribution in [-0.2, 0) is 10.0 Å². The quantitative estimate of drug-likeness (QED) is 0.871. The summed E-state index contributed by atoms with van der Waals surface area (Å²) in [5, 5.41) is 0. The summed E-state index contributed by atoms with van der Waals surface area (Å²) in [7, 11) is -1.97. The molecule has 0 N–H and O–H groups in total. The van der Waals surface area contributed by atoms with Crippen molar-refractivity contribution in [2.24, 2.45) is 0 Å². The number of hydrogen-bond acceptors (Lipinski definition) is 4. The van der Waals surface area contributed by atoms with E-state index in [1.54, 1.807) is 43.7 Å². The maximum atomic E-state index is 12.8. The normalized spacial score (nSPS) is 19.8. The van der Waals surface area contributed by atoms with Crippen molar-refractivity contribution in [2.75, 3.05) is 13.7 Å². The fraction of sp³-hybridized carbons (Fsp3) is 0.333. The van der Waals surface area contributed by atoms with Crippen molar-refractivity contribution in [1.82, 2.24) is 4.31 Å². The summed E-state index contributed by atoms with van der Waals surface area (Å²) < 4.78 is 37.5. The summed E-state index contributed by atoms with van der Waals surface area (Å²) in [5.41, 5.74) is 0. The zero-order chi connectivity index (χ0) is 14.9. The van der Waals surface area contributed by atoms with Gasteiger partial charge in [-0.15, -0.1) is 0 Å². The van der Waals surface area contributed by atoms with Gasteiger partial charge in [-0.3, -0.25) is 0 Å². The molecule has 0 bridgehead atoms. The third-order valence-electron chi connectivity index (χ3n) is 3.74. The van der Waals surface area contributed by atoms with E-state index in [2.05, 4.69) is 0 Å². The SMILES string of the molecule is COc1ccc(S(=O)(=O)N2CCCC2c2ccco2)cc1. The van der Waals surface area contributed by atoms with Crippen LogP contribution >= 0.6 is 0 Å². The van der Waals surface area contributed by atoms with Gasteiger partial charge in [-0.2, -0.15) is 4.31 Å². The molecular weight excluding hydrogens is 290 g/mol. The van der Waals surface area contributed by atoms with Gasteiger partial charge in [-0.1, -0.05) is 0 Å². The van der Waals surface area contributed by atoms with Gasteiger partial charge in [0.25, 0.3) is 0 Å². The van der Waals surface area contributed by atoms with Gasteiger partial charge >= 0.3 is 0 Å². The Balaban J connectivity index is 1.93. The Hall–Kier alpha value is -1.79. The minimum absolute atomic E-state index is 0.216. The van der Waals surface area contributed by atoms with E-state index in [1.165, 1.54) is 4.31 Å². The third kappa shape index (κ3) is 2.56. The lowest BCUT2D eigenvalue weighted by Crippen LogP contribution is -2.30. The average Bonchev–Trinajstić information content (AvgIpc) is 3.17. The van der Waals surface area contributed by atoms with Crippen LogP contribution in [0.3, 0.4) is 0 Å². The number of sulfonamides is 1. The Labute approximate surface area is 124 Å². The first-order valence-corrected chi connectivity index (χ1v) is 8.26. The van der Waals surface area contributed by atoms with Gasteiger partial charge in [0.1, 0.15) is 11.5 Å². The predicted octanol–water partition coefficient (Wildman–Crippen LogP) is 2.81. The van der Waals surface area contributed by atoms with Gasteiger partial charge in [0.2, 0.25) is 10.0 Å². The second-order valence-electron chi connectivity index (χ2n) is 4.96. The summed E-state index contributed by atoms with van der Waals surface area (Å²) in [6.45, 7) is 0.514. The molecule has 1 aliphatic heterocycles. The zero-order valence-corrected chi connectivity index (χ0v) is 12.5. The van der Waals surface area contributed by atoms with Gasteiger partial charge in [-0.25, -0.2) is 8.42 Å². The van der Waals surface area contributed by atoms with Crippen molar-refractivity contribution >= 4 is 10.0 Å². The topological polar surface area (TPSA) is 59.8 Å². The molecule has 1 aromatic heterocycles. The highest BCUT2D eigenvalue weighted by Gasteiger charge is 2.37. The summed E-state index contributed by atoms with van der Waals surface area (Å²) in [6, 6.07) is 9.86. The highest BCUT2D eigenvalue weighted by Crippen LogP contribution is 2.36. The van der Waals surface area contributed by atoms with E-state index >= 15 is 0 Å². The number of nitrogens with zero attached hydrogens (tertiary/aromatic N) is 1. The Kier molecular flexibility index (Phi) is 3.73. The molecule has 0 saturated carbocycles. The summed E-state index contributed by atoms with van der Waals surface area (Å²) in [4.78, 5) is 0.279. The first-order chi connectivity index (χ1) is 10.1. The minimum atomic E-state index is -3.52. The summed E-state index contributed by atoms with van der Waals surface area (Å²) in [6.07, 6.45) is 3.19. The van der Waals surface area contributed by atoms with E-state index in [0.29, 0.717) is 18.1 Å². The van der Waals surface area contributed by atoms with Crippen molar-refractivity contribution in [3.05, 3.63) is 48.4 Å². The Bertz CT molecular complexity index is 692. The molecule has 0 amide bonds. The van der Waals surface area contributed by atoms with E-state index in [1.807, 2.05) is 6.07 Å². The molecule has 1 unspecified atom stereocenters. The molecule has 2 aromatic rings. The van der Waals surface area contributed by atoms with Crippen LogP contribution in [0.25, 0.3) is 0 Å². The Morgan fingerprint density at radius 1 is 1.24 bits per heavy atom. The first-order valence-electron chi connectivity index (χ1n) is 6.82. The van der Waals surface area contributed by atoms with Crippen LogP contribution in [0.4, 0.5) is 0 Å². The number of benzene rings is 1. The highest BCUT2D eigenvalue weighted by atomic mass is 32.2. The second kappa shape index (κ2) is 5.54. The number of ether oxygens (including phenoxy) is 1. The average molecular weight is 307 g/mol. The fourth-order valence-electron chi connectivity index (χ4n) is 2.68. The molecule has 1 aliphatic rings. The van der Waals surface area contributed by atoms with E-state index in [-0.39, 0.29) is 10.9 Å². The van der Waals surface area contributed by atoms with Gasteiger partial charge < -0.3 is 9.15 Å². The maximum absolute atomic E-state index is 12.8. The number of methoxy groups -OCH3 is 1. The monoisotopic (exact) mass is 307 g/mol. The van der Waals surface area contributed by atoms with Crippen molar-refractivity contribution in [3.8, 4) is 5.75 Å². The first kappa shape index (κ1) is 14.2. The van der Waals surface area contributed by atoms with Crippen molar-refractivity contribution in [2.45, 2.75) is 23.8 Å². The van der Waals surface area contributed by atoms with E-state index < -0.39 is 10.0 Å². The molecule has 0 aliphatic carbocycles. The lowest BCUT2D eigenvalue weighted by molar-refractivity contribution is 0.339. The summed E-state index contributed by atoms with van der Waals surface area (Å²) in [5.74, 6) is 1.34. The van der Waals surface area contributed by atoms with Crippen LogP contribution in [0.5, 0.6) is 5.75 Å². The largest absolute Gasteiger partial charge is 0.497 e. The lowest BCUT2D eigenvalue weighted by Gasteiger charge is -2.22. The molecule has 1 aromatic carbocycles. The fourth-order valence-corrected chi connectivity index (χ4v) is 4.34. The predicted molar refractivity (Wildman–Crippen MR) is 77.6 cm³/mol. The molecule has 5 nitrogen and oxygen atoms in total. The third-order valence-corrected chi connectivity index (χ3v) is 5.66. The van der Waals surface area contributed by atoms with E-state index in [4.69, 9.17) is 9.15 Å². The van der Waals surface area contributed by atoms with E-state index in [9.17, 15) is 8.42 Å². The Morgan fingerprint density at radius 2 is 2.00 bits per heavy atom. The van der Waals surface area contributed by atoms with Gasteiger partial charge in [0.05, 0.1) is 24.3 Å². The van der Waals surface area contributed by atoms with Crippen molar-refractivity contribution < 1.29 is 17.6 Å². The van der Waals surface area contributed by atoms with Crippen LogP contribution in [-0.4, -0.2) is 26.4 Å². The number of hydrogen-bond donors (Lipinski definition) is 0. The van der Waals surface area contributed by atoms with Gasteiger partial charge in [0, 0.05) is 6.54 Å². The molecule has 0 spiro atoms. The van der Waals surface area contributed by atoms with Crippen molar-refractivity contribution in [3.63, 3.8) is 0 Å². The number of furan rings is 1. The molecule has 6 heteroatoms. The zero-order valence-electron chi connectivity index (χ0n) is 11.7. The van der Waals surface area contributed by atoms with Gasteiger partial charge in [0.15, 0.2) is 0 Å². The molecule has 2 heterocycles. The van der Waals surface area contributed by atoms with Crippen LogP contribution in [0.2, 0.25) is 0 Å². The van der Waals surface area contributed by atoms with Crippen molar-refractivity contribution in [1.29, 1.82) is 0 Å². The second-order valence-corrected chi connectivity index (χ2v) is 6.86. The summed E-state index contributed by atoms with van der Waals surface area (Å²) >= 11 is 0. The molecular formula is C15H17NO4S. The molecule has 3 rings (SSSR count). The molecule has 112 valence electrons. The Morgan fingerprint density at radius 3 is 2.62 bits per heavy atom. The number of rotatable bonds is 4. The minimum Gasteiger partial charge on any atom is -0.497 e. The lowest BCUT2D eigenvalue weighted by atomic mass is 10.2. The molecule has 0 radical (unpaired) electrons. The highest BCUT2D eigenvalue weighted by molar-refractivity contribution is 7.89. The maximum Gasteiger partial charge on any atom is 0.243 e. The standard InChI is InChI=1S/C15H17NO4S/c1-19-12-6-8-13(9-7-12)21(17,18)16-10-2-4-14(16)15-5-3-11-20-15/h3,5-9,11,14H,2,4,10H2,1H3. The van der Waals surface area contributed by atoms with E-state index in [0.717, 1.165) is 12.8 Å². The van der Waals surface area contributed by atoms with Crippen LogP contribution in [0.1, 0.15) is 24.6 Å². The van der Waals surface area contributed by atoms with Crippen LogP contribution < -0.4 is 4.74 Å². The van der Waals surface area contributed by atoms with Gasteiger partial charge in [-0.05, 0) is 49.2 Å². The molecule has 21 heavy (non-hydrogen) atoms. The molecule has 1 atom stereocenters. The van der Waals surface area contributed by atoms with Crippen LogP contribution in [0.15, 0.2) is 52.0 Å².